The molecule has 8 atom stereocenters. The monoisotopic (exact) mass is 364 g/mol. The topological polar surface area (TPSA) is 98.0 Å². The smallest absolute Gasteiger partial charge is 0.155 e. The van der Waals surface area contributed by atoms with Crippen LogP contribution in [0.5, 0.6) is 0 Å². The third-order valence-corrected chi connectivity index (χ3v) is 8.84. The van der Waals surface area contributed by atoms with Gasteiger partial charge >= 0.3 is 0 Å². The van der Waals surface area contributed by atoms with Crippen molar-refractivity contribution in [2.45, 2.75) is 76.6 Å². The van der Waals surface area contributed by atoms with Crippen LogP contribution >= 0.6 is 0 Å². The molecule has 26 heavy (non-hydrogen) atoms. The van der Waals surface area contributed by atoms with Crippen LogP contribution in [-0.4, -0.2) is 50.6 Å². The fourth-order valence-electron chi connectivity index (χ4n) is 7.42. The summed E-state index contributed by atoms with van der Waals surface area (Å²) in [5, 5.41) is 42.3. The summed E-state index contributed by atoms with van der Waals surface area (Å²) in [6, 6.07) is 0. The lowest BCUT2D eigenvalue weighted by Gasteiger charge is -2.61. The number of aliphatic hydroxyl groups excluding tert-OH is 3. The van der Waals surface area contributed by atoms with Crippen LogP contribution in [0, 0.1) is 28.6 Å². The van der Waals surface area contributed by atoms with Crippen LogP contribution in [0.15, 0.2) is 11.6 Å². The third kappa shape index (κ3) is 2.20. The molecule has 4 N–H and O–H groups in total. The Bertz CT molecular complexity index is 644. The Hall–Kier alpha value is -0.750. The molecule has 0 amide bonds. The summed E-state index contributed by atoms with van der Waals surface area (Å²) in [5.74, 6) is 0.798. The van der Waals surface area contributed by atoms with E-state index in [0.29, 0.717) is 19.3 Å². The number of aliphatic hydroxyl groups is 4. The number of hydrogen-bond donors (Lipinski definition) is 4. The Kier molecular flexibility index (Phi) is 4.20. The van der Waals surface area contributed by atoms with E-state index in [1.165, 1.54) is 5.57 Å². The van der Waals surface area contributed by atoms with Crippen molar-refractivity contribution in [1.29, 1.82) is 0 Å². The van der Waals surface area contributed by atoms with Crippen LogP contribution < -0.4 is 0 Å². The highest BCUT2D eigenvalue weighted by molar-refractivity contribution is 5.91. The SMILES string of the molecule is CC12CCC(=O)C=C1CCC1C2C(O)CC2(C)C1CC[C@]2(O)[C@H](O)CO. The number of rotatable bonds is 2. The van der Waals surface area contributed by atoms with Gasteiger partial charge in [0.2, 0.25) is 0 Å². The minimum Gasteiger partial charge on any atom is -0.394 e. The van der Waals surface area contributed by atoms with Gasteiger partial charge in [0.05, 0.1) is 18.3 Å². The van der Waals surface area contributed by atoms with E-state index in [1.54, 1.807) is 0 Å². The van der Waals surface area contributed by atoms with Gasteiger partial charge in [0.25, 0.3) is 0 Å². The molecule has 3 fully saturated rings. The van der Waals surface area contributed by atoms with Gasteiger partial charge in [-0.25, -0.2) is 0 Å². The summed E-state index contributed by atoms with van der Waals surface area (Å²) >= 11 is 0. The number of hydrogen-bond acceptors (Lipinski definition) is 5. The summed E-state index contributed by atoms with van der Waals surface area (Å²) < 4.78 is 0. The van der Waals surface area contributed by atoms with Crippen molar-refractivity contribution < 1.29 is 25.2 Å². The quantitative estimate of drug-likeness (QED) is 0.596. The number of fused-ring (bicyclic) bond motifs is 5. The highest BCUT2D eigenvalue weighted by Gasteiger charge is 2.67. The van der Waals surface area contributed by atoms with Gasteiger partial charge in [-0.2, -0.15) is 0 Å². The molecule has 4 aliphatic rings. The minimum absolute atomic E-state index is 0.0993. The van der Waals surface area contributed by atoms with Crippen molar-refractivity contribution in [3.63, 3.8) is 0 Å². The normalized spacial score (nSPS) is 51.9. The van der Waals surface area contributed by atoms with E-state index in [-0.39, 0.29) is 29.0 Å². The number of allylic oxidation sites excluding steroid dienone is 1. The minimum atomic E-state index is -1.35. The Labute approximate surface area is 155 Å². The molecule has 0 aliphatic heterocycles. The lowest BCUT2D eigenvalue weighted by Crippen LogP contribution is -2.63. The predicted octanol–water partition coefficient (Wildman–Crippen LogP) is 1.57. The molecule has 0 bridgehead atoms. The molecule has 0 aromatic rings. The number of carbonyl (C=O) groups excluding carboxylic acids is 1. The Morgan fingerprint density at radius 2 is 1.96 bits per heavy atom. The first-order chi connectivity index (χ1) is 12.2. The van der Waals surface area contributed by atoms with Crippen LogP contribution in [-0.2, 0) is 4.79 Å². The van der Waals surface area contributed by atoms with E-state index >= 15 is 0 Å². The van der Waals surface area contributed by atoms with Gasteiger partial charge in [0.15, 0.2) is 5.78 Å². The molecule has 6 unspecified atom stereocenters. The summed E-state index contributed by atoms with van der Waals surface area (Å²) in [4.78, 5) is 11.9. The Morgan fingerprint density at radius 3 is 2.65 bits per heavy atom. The Balaban J connectivity index is 1.72. The van der Waals surface area contributed by atoms with Crippen LogP contribution in [0.2, 0.25) is 0 Å². The van der Waals surface area contributed by atoms with Crippen molar-refractivity contribution in [1.82, 2.24) is 0 Å². The van der Waals surface area contributed by atoms with E-state index in [2.05, 4.69) is 6.92 Å². The zero-order chi connectivity index (χ0) is 18.9. The zero-order valence-corrected chi connectivity index (χ0v) is 15.8. The molecule has 0 aromatic carbocycles. The molecule has 0 saturated heterocycles. The van der Waals surface area contributed by atoms with Gasteiger partial charge in [-0.15, -0.1) is 0 Å². The van der Waals surface area contributed by atoms with Gasteiger partial charge in [0.1, 0.15) is 6.10 Å². The highest BCUT2D eigenvalue weighted by Crippen LogP contribution is 2.67. The average molecular weight is 364 g/mol. The van der Waals surface area contributed by atoms with E-state index in [1.807, 2.05) is 13.0 Å². The molecule has 0 aromatic heterocycles. The molecule has 146 valence electrons. The summed E-state index contributed by atoms with van der Waals surface area (Å²) in [6.07, 6.45) is 4.92. The van der Waals surface area contributed by atoms with Gasteiger partial charge in [-0.3, -0.25) is 4.79 Å². The molecule has 4 rings (SSSR count). The van der Waals surface area contributed by atoms with Gasteiger partial charge in [-0.1, -0.05) is 19.4 Å². The van der Waals surface area contributed by atoms with E-state index in [4.69, 9.17) is 0 Å². The van der Waals surface area contributed by atoms with Crippen molar-refractivity contribution >= 4 is 5.78 Å². The van der Waals surface area contributed by atoms with Crippen molar-refractivity contribution in [2.75, 3.05) is 6.61 Å². The molecule has 0 radical (unpaired) electrons. The summed E-state index contributed by atoms with van der Waals surface area (Å²) in [7, 11) is 0. The zero-order valence-electron chi connectivity index (χ0n) is 15.8. The fourth-order valence-corrected chi connectivity index (χ4v) is 7.42. The van der Waals surface area contributed by atoms with Crippen LogP contribution in [0.1, 0.15) is 58.8 Å². The van der Waals surface area contributed by atoms with E-state index in [9.17, 15) is 25.2 Å². The Morgan fingerprint density at radius 1 is 1.23 bits per heavy atom. The standard InChI is InChI=1S/C21H32O5/c1-19-7-5-13(23)9-12(19)3-4-14-15-6-8-21(26,17(25)11-22)20(15,2)10-16(24)18(14)19/h9,14-18,22,24-26H,3-8,10-11H2,1-2H3/t14?,15?,16?,17-,18?,19?,20?,21+/m1/s1. The first-order valence-electron chi connectivity index (χ1n) is 10.1. The molecule has 5 heteroatoms. The van der Waals surface area contributed by atoms with Crippen LogP contribution in [0.4, 0.5) is 0 Å². The lowest BCUT2D eigenvalue weighted by molar-refractivity contribution is -0.207. The van der Waals surface area contributed by atoms with Gasteiger partial charge in [0, 0.05) is 11.8 Å². The number of carbonyl (C=O) groups is 1. The van der Waals surface area contributed by atoms with Crippen molar-refractivity contribution in [3.05, 3.63) is 11.6 Å². The largest absolute Gasteiger partial charge is 0.394 e. The third-order valence-electron chi connectivity index (χ3n) is 8.84. The van der Waals surface area contributed by atoms with E-state index in [0.717, 1.165) is 25.7 Å². The summed E-state index contributed by atoms with van der Waals surface area (Å²) in [5.41, 5.74) is -0.898. The fraction of sp³-hybridized carbons (Fsp3) is 0.857. The van der Waals surface area contributed by atoms with E-state index < -0.39 is 29.8 Å². The lowest BCUT2D eigenvalue weighted by atomic mass is 9.45. The first kappa shape index (κ1) is 18.6. The predicted molar refractivity (Wildman–Crippen MR) is 96.1 cm³/mol. The highest BCUT2D eigenvalue weighted by atomic mass is 16.4. The molecular weight excluding hydrogens is 332 g/mol. The molecular formula is C21H32O5. The van der Waals surface area contributed by atoms with Crippen molar-refractivity contribution in [3.8, 4) is 0 Å². The molecule has 0 heterocycles. The maximum atomic E-state index is 11.9. The molecule has 4 aliphatic carbocycles. The second-order valence-corrected chi connectivity index (χ2v) is 9.74. The van der Waals surface area contributed by atoms with Crippen molar-refractivity contribution in [2.24, 2.45) is 28.6 Å². The summed E-state index contributed by atoms with van der Waals surface area (Å²) in [6.45, 7) is 3.73. The molecule has 0 spiro atoms. The second-order valence-electron chi connectivity index (χ2n) is 9.74. The molecule has 5 nitrogen and oxygen atoms in total. The van der Waals surface area contributed by atoms with Gasteiger partial charge in [-0.05, 0) is 67.8 Å². The average Bonchev–Trinajstić information content (AvgIpc) is 2.86. The number of ketones is 1. The maximum absolute atomic E-state index is 11.9. The van der Waals surface area contributed by atoms with Crippen LogP contribution in [0.3, 0.4) is 0 Å². The molecule has 3 saturated carbocycles. The maximum Gasteiger partial charge on any atom is 0.155 e. The van der Waals surface area contributed by atoms with Gasteiger partial charge < -0.3 is 20.4 Å². The van der Waals surface area contributed by atoms with Crippen LogP contribution in [0.25, 0.3) is 0 Å². The first-order valence-corrected chi connectivity index (χ1v) is 10.1. The second kappa shape index (κ2) is 5.87.